The molecule has 0 bridgehead atoms. The highest BCUT2D eigenvalue weighted by Gasteiger charge is 2.29. The molecular weight excluding hydrogens is 450 g/mol. The Balaban J connectivity index is 1.41. The number of carbonyl (C=O) groups excluding carboxylic acids is 2. The third-order valence-electron chi connectivity index (χ3n) is 4.78. The molecule has 4 aromatic rings. The van der Waals surface area contributed by atoms with Crippen LogP contribution in [0, 0.1) is 0 Å². The second-order valence-electron chi connectivity index (χ2n) is 6.76. The number of anilines is 2. The van der Waals surface area contributed by atoms with Crippen molar-refractivity contribution >= 4 is 46.6 Å². The first-order chi connectivity index (χ1) is 15.6. The molecule has 2 heterocycles. The van der Waals surface area contributed by atoms with E-state index < -0.39 is 18.5 Å². The lowest BCUT2D eigenvalue weighted by molar-refractivity contribution is -0.121. The standard InChI is InChI=1S/C22H14ClN5O3S/c23-14-9-10-20-18(11-14)28(17-7-3-4-8-19(17)32-20)21(29)12-31-22(30)15-5-1-2-6-16(15)27-13-24-25-26-27/h1-11,13H,12H2. The maximum Gasteiger partial charge on any atom is 0.340 e. The van der Waals surface area contributed by atoms with Gasteiger partial charge in [-0.3, -0.25) is 9.69 Å². The second-order valence-corrected chi connectivity index (χ2v) is 8.28. The van der Waals surface area contributed by atoms with Crippen LogP contribution in [0.2, 0.25) is 5.02 Å². The van der Waals surface area contributed by atoms with Crippen LogP contribution in [0.3, 0.4) is 0 Å². The molecule has 1 aliphatic rings. The Bertz CT molecular complexity index is 1330. The number of nitrogens with zero attached hydrogens (tertiary/aromatic N) is 5. The van der Waals surface area contributed by atoms with E-state index in [-0.39, 0.29) is 5.56 Å². The van der Waals surface area contributed by atoms with Gasteiger partial charge in [-0.2, -0.15) is 4.68 Å². The summed E-state index contributed by atoms with van der Waals surface area (Å²) in [6.45, 7) is -0.451. The molecule has 5 rings (SSSR count). The topological polar surface area (TPSA) is 90.2 Å². The number of hydrogen-bond donors (Lipinski definition) is 0. The molecule has 10 heteroatoms. The molecular formula is C22H14ClN5O3S. The van der Waals surface area contributed by atoms with Crippen LogP contribution < -0.4 is 4.90 Å². The highest BCUT2D eigenvalue weighted by atomic mass is 35.5. The third kappa shape index (κ3) is 3.72. The number of hydrogen-bond acceptors (Lipinski definition) is 7. The van der Waals surface area contributed by atoms with Gasteiger partial charge in [0.2, 0.25) is 0 Å². The van der Waals surface area contributed by atoms with E-state index in [0.29, 0.717) is 22.1 Å². The van der Waals surface area contributed by atoms with E-state index in [1.165, 1.54) is 15.9 Å². The minimum Gasteiger partial charge on any atom is -0.452 e. The molecule has 1 amide bonds. The number of amides is 1. The van der Waals surface area contributed by atoms with Crippen molar-refractivity contribution in [2.24, 2.45) is 0 Å². The van der Waals surface area contributed by atoms with Crippen molar-refractivity contribution < 1.29 is 14.3 Å². The Hall–Kier alpha value is -3.69. The van der Waals surface area contributed by atoms with Crippen molar-refractivity contribution in [2.45, 2.75) is 9.79 Å². The minimum absolute atomic E-state index is 0.241. The monoisotopic (exact) mass is 463 g/mol. The van der Waals surface area contributed by atoms with Gasteiger partial charge in [0.25, 0.3) is 5.91 Å². The quantitative estimate of drug-likeness (QED) is 0.417. The van der Waals surface area contributed by atoms with E-state index in [1.54, 1.807) is 48.2 Å². The lowest BCUT2D eigenvalue weighted by atomic mass is 10.2. The lowest BCUT2D eigenvalue weighted by Gasteiger charge is -2.31. The average Bonchev–Trinajstić information content (AvgIpc) is 3.36. The van der Waals surface area contributed by atoms with Crippen LogP contribution in [0.4, 0.5) is 11.4 Å². The van der Waals surface area contributed by atoms with E-state index in [9.17, 15) is 9.59 Å². The van der Waals surface area contributed by atoms with E-state index in [2.05, 4.69) is 15.5 Å². The summed E-state index contributed by atoms with van der Waals surface area (Å²) in [5, 5.41) is 11.5. The summed E-state index contributed by atoms with van der Waals surface area (Å²) in [5.74, 6) is -1.05. The predicted octanol–water partition coefficient (Wildman–Crippen LogP) is 4.30. The van der Waals surface area contributed by atoms with Crippen molar-refractivity contribution in [3.63, 3.8) is 0 Å². The Morgan fingerprint density at radius 2 is 1.69 bits per heavy atom. The van der Waals surface area contributed by atoms with E-state index in [0.717, 1.165) is 9.79 Å². The first-order valence-electron chi connectivity index (χ1n) is 9.51. The number of halogens is 1. The number of benzene rings is 3. The average molecular weight is 464 g/mol. The summed E-state index contributed by atoms with van der Waals surface area (Å²) >= 11 is 7.75. The summed E-state index contributed by atoms with van der Waals surface area (Å²) in [6.07, 6.45) is 1.38. The van der Waals surface area contributed by atoms with Crippen LogP contribution >= 0.6 is 23.4 Å². The van der Waals surface area contributed by atoms with Crippen LogP contribution in [0.15, 0.2) is 82.8 Å². The van der Waals surface area contributed by atoms with Crippen LogP contribution in [0.25, 0.3) is 5.69 Å². The normalized spacial score (nSPS) is 12.1. The fourth-order valence-electron chi connectivity index (χ4n) is 3.38. The van der Waals surface area contributed by atoms with Crippen LogP contribution in [0.1, 0.15) is 10.4 Å². The van der Waals surface area contributed by atoms with Gasteiger partial charge in [-0.05, 0) is 52.9 Å². The number of ether oxygens (including phenoxy) is 1. The molecule has 0 atom stereocenters. The molecule has 1 aromatic heterocycles. The van der Waals surface area contributed by atoms with E-state index in [1.807, 2.05) is 30.3 Å². The third-order valence-corrected chi connectivity index (χ3v) is 6.15. The number of carbonyl (C=O) groups is 2. The molecule has 0 aliphatic carbocycles. The number of fused-ring (bicyclic) bond motifs is 2. The van der Waals surface area contributed by atoms with Gasteiger partial charge in [0.1, 0.15) is 6.33 Å². The Kier molecular flexibility index (Phi) is 5.34. The van der Waals surface area contributed by atoms with Crippen molar-refractivity contribution in [3.05, 3.63) is 83.6 Å². The van der Waals surface area contributed by atoms with Crippen LogP contribution in [-0.4, -0.2) is 38.7 Å². The Morgan fingerprint density at radius 1 is 0.938 bits per heavy atom. The molecule has 158 valence electrons. The number of rotatable bonds is 4. The molecule has 0 saturated heterocycles. The molecule has 0 saturated carbocycles. The van der Waals surface area contributed by atoms with Crippen molar-refractivity contribution in [3.8, 4) is 5.69 Å². The van der Waals surface area contributed by atoms with Gasteiger partial charge < -0.3 is 4.74 Å². The van der Waals surface area contributed by atoms with Crippen LogP contribution in [-0.2, 0) is 9.53 Å². The van der Waals surface area contributed by atoms with Crippen molar-refractivity contribution in [1.82, 2.24) is 20.2 Å². The largest absolute Gasteiger partial charge is 0.452 e. The molecule has 3 aromatic carbocycles. The summed E-state index contributed by atoms with van der Waals surface area (Å²) in [4.78, 5) is 29.4. The molecule has 32 heavy (non-hydrogen) atoms. The molecule has 1 aliphatic heterocycles. The predicted molar refractivity (Wildman–Crippen MR) is 119 cm³/mol. The highest BCUT2D eigenvalue weighted by molar-refractivity contribution is 7.99. The van der Waals surface area contributed by atoms with Gasteiger partial charge in [0, 0.05) is 14.8 Å². The molecule has 0 N–H and O–H groups in total. The van der Waals surface area contributed by atoms with E-state index >= 15 is 0 Å². The first kappa shape index (κ1) is 20.2. The molecule has 0 radical (unpaired) electrons. The van der Waals surface area contributed by atoms with Gasteiger partial charge >= 0.3 is 5.97 Å². The zero-order chi connectivity index (χ0) is 22.1. The Morgan fingerprint density at radius 3 is 2.50 bits per heavy atom. The maximum absolute atomic E-state index is 13.2. The first-order valence-corrected chi connectivity index (χ1v) is 10.7. The fourth-order valence-corrected chi connectivity index (χ4v) is 4.59. The summed E-state index contributed by atoms with van der Waals surface area (Å²) in [7, 11) is 0. The molecule has 0 unspecified atom stereocenters. The van der Waals surface area contributed by atoms with Gasteiger partial charge in [-0.25, -0.2) is 4.79 Å². The zero-order valence-electron chi connectivity index (χ0n) is 16.4. The Labute approximate surface area is 191 Å². The number of aromatic nitrogens is 4. The summed E-state index contributed by atoms with van der Waals surface area (Å²) in [5.41, 5.74) is 2.05. The summed E-state index contributed by atoms with van der Waals surface area (Å²) < 4.78 is 6.75. The highest BCUT2D eigenvalue weighted by Crippen LogP contribution is 2.48. The lowest BCUT2D eigenvalue weighted by Crippen LogP contribution is -2.32. The van der Waals surface area contributed by atoms with Crippen molar-refractivity contribution in [1.29, 1.82) is 0 Å². The molecule has 8 nitrogen and oxygen atoms in total. The minimum atomic E-state index is -0.657. The smallest absolute Gasteiger partial charge is 0.340 e. The van der Waals surface area contributed by atoms with Gasteiger partial charge in [-0.1, -0.05) is 47.6 Å². The molecule has 0 spiro atoms. The number of tetrazole rings is 1. The van der Waals surface area contributed by atoms with E-state index in [4.69, 9.17) is 16.3 Å². The fraction of sp³-hybridized carbons (Fsp3) is 0.0455. The molecule has 0 fully saturated rings. The SMILES string of the molecule is O=C(OCC(=O)N1c2ccccc2Sc2ccc(Cl)cc21)c1ccccc1-n1cnnn1. The van der Waals surface area contributed by atoms with Crippen molar-refractivity contribution in [2.75, 3.05) is 11.5 Å². The summed E-state index contributed by atoms with van der Waals surface area (Å²) in [6, 6.07) is 19.6. The van der Waals surface area contributed by atoms with Crippen LogP contribution in [0.5, 0.6) is 0 Å². The second kappa shape index (κ2) is 8.45. The number of para-hydroxylation sites is 2. The maximum atomic E-state index is 13.2. The van der Waals surface area contributed by atoms with Gasteiger partial charge in [0.05, 0.1) is 22.6 Å². The van der Waals surface area contributed by atoms with Gasteiger partial charge in [-0.15, -0.1) is 5.10 Å². The zero-order valence-corrected chi connectivity index (χ0v) is 18.0. The number of esters is 1. The van der Waals surface area contributed by atoms with Gasteiger partial charge in [0.15, 0.2) is 6.61 Å².